The molecule has 1 aromatic heterocycles. The van der Waals surface area contributed by atoms with Crippen LogP contribution in [0.4, 0.5) is 10.6 Å². The first-order chi connectivity index (χ1) is 9.93. The van der Waals surface area contributed by atoms with Crippen molar-refractivity contribution in [3.63, 3.8) is 0 Å². The number of anilines is 1. The predicted octanol–water partition coefficient (Wildman–Crippen LogP) is 3.03. The summed E-state index contributed by atoms with van der Waals surface area (Å²) in [6.45, 7) is 9.23. The van der Waals surface area contributed by atoms with Crippen molar-refractivity contribution >= 4 is 34.0 Å². The van der Waals surface area contributed by atoms with Crippen molar-refractivity contribution in [1.82, 2.24) is 9.88 Å². The van der Waals surface area contributed by atoms with Crippen molar-refractivity contribution in [2.24, 2.45) is 0 Å². The summed E-state index contributed by atoms with van der Waals surface area (Å²) in [7, 11) is -0.846. The Kier molecular flexibility index (Phi) is 5.37. The highest BCUT2D eigenvalue weighted by atomic mass is 32.2. The Morgan fingerprint density at radius 1 is 1.57 bits per heavy atom. The minimum atomic E-state index is -0.846. The molecule has 2 heterocycles. The molecule has 21 heavy (non-hydrogen) atoms. The van der Waals surface area contributed by atoms with Crippen LogP contribution in [0.3, 0.4) is 0 Å². The topological polar surface area (TPSA) is 62.3 Å². The van der Waals surface area contributed by atoms with Gasteiger partial charge in [0.1, 0.15) is 5.82 Å². The summed E-state index contributed by atoms with van der Waals surface area (Å²) in [5.41, 5.74) is 1.76. The number of nitrogens with one attached hydrogen (secondary N) is 1. The molecule has 1 fully saturated rings. The Labute approximate surface area is 132 Å². The number of nitrogens with zero attached hydrogens (tertiary/aromatic N) is 2. The molecule has 0 aromatic carbocycles. The number of thiazole rings is 1. The zero-order valence-electron chi connectivity index (χ0n) is 13.0. The van der Waals surface area contributed by atoms with Crippen molar-refractivity contribution < 1.29 is 9.00 Å². The summed E-state index contributed by atoms with van der Waals surface area (Å²) in [5, 5.41) is 3.00. The van der Waals surface area contributed by atoms with Gasteiger partial charge in [0, 0.05) is 29.1 Å². The smallest absolute Gasteiger partial charge is 0.322 e. The van der Waals surface area contributed by atoms with Gasteiger partial charge in [-0.05, 0) is 19.3 Å². The molecular weight excluding hydrogens is 306 g/mol. The fourth-order valence-electron chi connectivity index (χ4n) is 2.50. The maximum atomic E-state index is 12.4. The van der Waals surface area contributed by atoms with Crippen LogP contribution < -0.4 is 5.32 Å². The van der Waals surface area contributed by atoms with Gasteiger partial charge >= 0.3 is 6.03 Å². The Hall–Kier alpha value is -0.950. The van der Waals surface area contributed by atoms with Crippen LogP contribution in [0, 0.1) is 0 Å². The number of urea groups is 1. The molecular formula is C14H23N3O2S2. The summed E-state index contributed by atoms with van der Waals surface area (Å²) in [5.74, 6) is 0.997. The lowest BCUT2D eigenvalue weighted by molar-refractivity contribution is 0.209. The first kappa shape index (κ1) is 16.4. The number of carbonyl (C=O) groups excluding carboxylic acids is 1. The molecule has 7 heteroatoms. The molecule has 2 rings (SSSR count). The standard InChI is InChI=1S/C14H23N3O2S2/c1-5-11-7-17(6-10(4)21(11)19)14(18)16-13-12(9(2)3)20-8-15-13/h8-11H,5-7H2,1-4H3,(H,16,18). The molecule has 1 aliphatic rings. The van der Waals surface area contributed by atoms with Gasteiger partial charge < -0.3 is 4.90 Å². The summed E-state index contributed by atoms with van der Waals surface area (Å²) < 4.78 is 12.1. The largest absolute Gasteiger partial charge is 0.323 e. The fourth-order valence-corrected chi connectivity index (χ4v) is 4.90. The van der Waals surface area contributed by atoms with E-state index in [4.69, 9.17) is 0 Å². The van der Waals surface area contributed by atoms with E-state index in [1.54, 1.807) is 21.7 Å². The highest BCUT2D eigenvalue weighted by Gasteiger charge is 2.33. The van der Waals surface area contributed by atoms with E-state index in [-0.39, 0.29) is 16.5 Å². The molecule has 0 saturated carbocycles. The van der Waals surface area contributed by atoms with E-state index in [9.17, 15) is 9.00 Å². The number of hydrogen-bond acceptors (Lipinski definition) is 4. The maximum absolute atomic E-state index is 12.4. The summed E-state index contributed by atoms with van der Waals surface area (Å²) in [4.78, 5) is 19.5. The molecule has 1 aliphatic heterocycles. The Balaban J connectivity index is 2.06. The van der Waals surface area contributed by atoms with Crippen molar-refractivity contribution in [3.05, 3.63) is 10.4 Å². The summed E-state index contributed by atoms with van der Waals surface area (Å²) >= 11 is 1.56. The van der Waals surface area contributed by atoms with Crippen LogP contribution in [-0.4, -0.2) is 43.7 Å². The van der Waals surface area contributed by atoms with E-state index >= 15 is 0 Å². The zero-order valence-corrected chi connectivity index (χ0v) is 14.6. The highest BCUT2D eigenvalue weighted by Crippen LogP contribution is 2.27. The molecule has 118 valence electrons. The number of rotatable bonds is 3. The second-order valence-electron chi connectivity index (χ2n) is 5.72. The minimum absolute atomic E-state index is 0.0226. The van der Waals surface area contributed by atoms with Gasteiger partial charge in [-0.15, -0.1) is 11.3 Å². The third-order valence-electron chi connectivity index (χ3n) is 3.71. The second kappa shape index (κ2) is 6.87. The molecule has 0 bridgehead atoms. The van der Waals surface area contributed by atoms with E-state index < -0.39 is 10.8 Å². The van der Waals surface area contributed by atoms with Crippen molar-refractivity contribution in [2.75, 3.05) is 18.4 Å². The molecule has 1 aromatic rings. The Morgan fingerprint density at radius 2 is 2.29 bits per heavy atom. The van der Waals surface area contributed by atoms with Crippen LogP contribution in [0.5, 0.6) is 0 Å². The highest BCUT2D eigenvalue weighted by molar-refractivity contribution is 7.86. The predicted molar refractivity (Wildman–Crippen MR) is 88.5 cm³/mol. The van der Waals surface area contributed by atoms with E-state index in [1.165, 1.54) is 0 Å². The van der Waals surface area contributed by atoms with E-state index in [0.29, 0.717) is 24.8 Å². The van der Waals surface area contributed by atoms with Crippen molar-refractivity contribution in [1.29, 1.82) is 0 Å². The average molecular weight is 329 g/mol. The lowest BCUT2D eigenvalue weighted by atomic mass is 10.2. The van der Waals surface area contributed by atoms with Gasteiger partial charge in [-0.3, -0.25) is 9.53 Å². The fraction of sp³-hybridized carbons (Fsp3) is 0.714. The molecule has 3 unspecified atom stereocenters. The first-order valence-corrected chi connectivity index (χ1v) is 9.48. The zero-order chi connectivity index (χ0) is 15.6. The van der Waals surface area contributed by atoms with Crippen LogP contribution in [0.25, 0.3) is 0 Å². The van der Waals surface area contributed by atoms with Gasteiger partial charge in [0.05, 0.1) is 15.6 Å². The van der Waals surface area contributed by atoms with Crippen molar-refractivity contribution in [3.8, 4) is 0 Å². The molecule has 1 N–H and O–H groups in total. The van der Waals surface area contributed by atoms with E-state index in [0.717, 1.165) is 11.3 Å². The third kappa shape index (κ3) is 3.63. The number of aromatic nitrogens is 1. The van der Waals surface area contributed by atoms with Crippen LogP contribution in [0.15, 0.2) is 5.51 Å². The van der Waals surface area contributed by atoms with E-state index in [2.05, 4.69) is 24.1 Å². The monoisotopic (exact) mass is 329 g/mol. The molecule has 1 saturated heterocycles. The van der Waals surface area contributed by atoms with Gasteiger partial charge in [0.25, 0.3) is 0 Å². The molecule has 3 atom stereocenters. The van der Waals surface area contributed by atoms with Crippen molar-refractivity contribution in [2.45, 2.75) is 50.5 Å². The minimum Gasteiger partial charge on any atom is -0.322 e. The molecule has 0 spiro atoms. The Morgan fingerprint density at radius 3 is 2.90 bits per heavy atom. The lowest BCUT2D eigenvalue weighted by Gasteiger charge is -2.35. The third-order valence-corrected chi connectivity index (χ3v) is 6.92. The van der Waals surface area contributed by atoms with Gasteiger partial charge in [0.15, 0.2) is 0 Å². The molecule has 5 nitrogen and oxygen atoms in total. The molecule has 2 amide bonds. The molecule has 0 radical (unpaired) electrons. The van der Waals surface area contributed by atoms with Crippen LogP contribution in [0.2, 0.25) is 0 Å². The average Bonchev–Trinajstić information content (AvgIpc) is 2.89. The summed E-state index contributed by atoms with van der Waals surface area (Å²) in [6.07, 6.45) is 0.828. The van der Waals surface area contributed by atoms with Gasteiger partial charge in [-0.1, -0.05) is 20.8 Å². The van der Waals surface area contributed by atoms with Gasteiger partial charge in [-0.25, -0.2) is 9.78 Å². The van der Waals surface area contributed by atoms with Crippen LogP contribution in [-0.2, 0) is 10.8 Å². The maximum Gasteiger partial charge on any atom is 0.323 e. The van der Waals surface area contributed by atoms with Crippen LogP contribution >= 0.6 is 11.3 Å². The lowest BCUT2D eigenvalue weighted by Crippen LogP contribution is -2.51. The summed E-state index contributed by atoms with van der Waals surface area (Å²) in [6, 6.07) is -0.134. The normalized spacial score (nSPS) is 26.1. The van der Waals surface area contributed by atoms with Gasteiger partial charge in [0.2, 0.25) is 0 Å². The molecule has 0 aliphatic carbocycles. The van der Waals surface area contributed by atoms with Gasteiger partial charge in [-0.2, -0.15) is 0 Å². The SMILES string of the molecule is CCC1CN(C(=O)Nc2ncsc2C(C)C)CC(C)S1=O. The number of hydrogen-bond donors (Lipinski definition) is 1. The van der Waals surface area contributed by atoms with E-state index in [1.807, 2.05) is 13.8 Å². The number of amides is 2. The Bertz CT molecular complexity index is 530. The van der Waals surface area contributed by atoms with Crippen LogP contribution in [0.1, 0.15) is 44.9 Å². The number of carbonyl (C=O) groups is 1. The quantitative estimate of drug-likeness (QED) is 0.927. The first-order valence-electron chi connectivity index (χ1n) is 7.32. The second-order valence-corrected chi connectivity index (χ2v) is 8.74.